The Hall–Kier alpha value is -1.84. The van der Waals surface area contributed by atoms with Crippen molar-refractivity contribution in [3.63, 3.8) is 0 Å². The van der Waals surface area contributed by atoms with Crippen LogP contribution in [-0.4, -0.2) is 35.3 Å². The highest BCUT2D eigenvalue weighted by Crippen LogP contribution is 2.16. The Labute approximate surface area is 94.5 Å². The van der Waals surface area contributed by atoms with Crippen LogP contribution in [-0.2, 0) is 0 Å². The van der Waals surface area contributed by atoms with Crippen LogP contribution in [0.1, 0.15) is 34.6 Å². The molecule has 4 heteroatoms. The van der Waals surface area contributed by atoms with Crippen LogP contribution in [0.25, 0.3) is 0 Å². The zero-order valence-electron chi connectivity index (χ0n) is 9.43. The molecule has 0 aromatic heterocycles. The van der Waals surface area contributed by atoms with Crippen molar-refractivity contribution in [1.29, 1.82) is 0 Å². The molecule has 0 fully saturated rings. The van der Waals surface area contributed by atoms with Gasteiger partial charge in [0.1, 0.15) is 5.75 Å². The molecule has 0 unspecified atom stereocenters. The SMILES string of the molecule is CCN(CC)C(=O)c1ccc(O)cc1C=O. The maximum atomic E-state index is 12.0. The van der Waals surface area contributed by atoms with Gasteiger partial charge in [-0.25, -0.2) is 0 Å². The third-order valence-electron chi connectivity index (χ3n) is 2.44. The Morgan fingerprint density at radius 1 is 1.38 bits per heavy atom. The molecule has 1 aromatic rings. The summed E-state index contributed by atoms with van der Waals surface area (Å²) in [5.41, 5.74) is 0.549. The molecule has 1 N–H and O–H groups in total. The van der Waals surface area contributed by atoms with E-state index in [1.54, 1.807) is 4.90 Å². The molecule has 0 aliphatic rings. The molecule has 1 rings (SSSR count). The van der Waals surface area contributed by atoms with E-state index in [4.69, 9.17) is 0 Å². The molecule has 0 spiro atoms. The highest BCUT2D eigenvalue weighted by atomic mass is 16.3. The zero-order chi connectivity index (χ0) is 12.1. The van der Waals surface area contributed by atoms with Gasteiger partial charge in [0.15, 0.2) is 6.29 Å². The quantitative estimate of drug-likeness (QED) is 0.787. The molecule has 86 valence electrons. The molecule has 16 heavy (non-hydrogen) atoms. The number of phenols is 1. The molecule has 0 atom stereocenters. The molecule has 0 saturated carbocycles. The van der Waals surface area contributed by atoms with E-state index in [0.717, 1.165) is 0 Å². The summed E-state index contributed by atoms with van der Waals surface area (Å²) in [5.74, 6) is -0.203. The summed E-state index contributed by atoms with van der Waals surface area (Å²) in [6.07, 6.45) is 0.580. The van der Waals surface area contributed by atoms with Gasteiger partial charge < -0.3 is 10.0 Å². The number of amides is 1. The fourth-order valence-electron chi connectivity index (χ4n) is 1.52. The van der Waals surface area contributed by atoms with Gasteiger partial charge in [-0.3, -0.25) is 9.59 Å². The summed E-state index contributed by atoms with van der Waals surface area (Å²) in [4.78, 5) is 24.4. The number of nitrogens with zero attached hydrogens (tertiary/aromatic N) is 1. The van der Waals surface area contributed by atoms with E-state index >= 15 is 0 Å². The average molecular weight is 221 g/mol. The van der Waals surface area contributed by atoms with E-state index in [-0.39, 0.29) is 17.2 Å². The van der Waals surface area contributed by atoms with Crippen molar-refractivity contribution in [3.05, 3.63) is 29.3 Å². The monoisotopic (exact) mass is 221 g/mol. The molecule has 1 aromatic carbocycles. The minimum absolute atomic E-state index is 0.0156. The fourth-order valence-corrected chi connectivity index (χ4v) is 1.52. The van der Waals surface area contributed by atoms with Crippen LogP contribution >= 0.6 is 0 Å². The second-order valence-corrected chi connectivity index (χ2v) is 3.37. The van der Waals surface area contributed by atoms with E-state index in [9.17, 15) is 14.7 Å². The number of phenolic OH excluding ortho intramolecular Hbond substituents is 1. The second-order valence-electron chi connectivity index (χ2n) is 3.37. The third-order valence-corrected chi connectivity index (χ3v) is 2.44. The van der Waals surface area contributed by atoms with Crippen LogP contribution in [0.3, 0.4) is 0 Å². The highest BCUT2D eigenvalue weighted by Gasteiger charge is 2.16. The first kappa shape index (κ1) is 12.2. The fraction of sp³-hybridized carbons (Fsp3) is 0.333. The molecule has 0 aliphatic carbocycles. The Kier molecular flexibility index (Phi) is 4.05. The number of carbonyl (C=O) groups excluding carboxylic acids is 2. The normalized spacial score (nSPS) is 9.88. The van der Waals surface area contributed by atoms with Crippen LogP contribution in [0.5, 0.6) is 5.75 Å². The number of rotatable bonds is 4. The molecule has 0 bridgehead atoms. The van der Waals surface area contributed by atoms with Crippen LogP contribution in [0.2, 0.25) is 0 Å². The molecular formula is C12H15NO3. The van der Waals surface area contributed by atoms with E-state index in [0.29, 0.717) is 24.9 Å². The maximum absolute atomic E-state index is 12.0. The Bertz CT molecular complexity index is 397. The maximum Gasteiger partial charge on any atom is 0.254 e. The summed E-state index contributed by atoms with van der Waals surface area (Å²) in [6, 6.07) is 4.17. The van der Waals surface area contributed by atoms with Gasteiger partial charge in [-0.15, -0.1) is 0 Å². The van der Waals surface area contributed by atoms with Crippen LogP contribution in [0.4, 0.5) is 0 Å². The zero-order valence-corrected chi connectivity index (χ0v) is 9.43. The lowest BCUT2D eigenvalue weighted by molar-refractivity contribution is 0.0770. The van der Waals surface area contributed by atoms with Crippen LogP contribution in [0, 0.1) is 0 Å². The Balaban J connectivity index is 3.12. The first-order valence-electron chi connectivity index (χ1n) is 5.21. The van der Waals surface area contributed by atoms with Gasteiger partial charge in [-0.1, -0.05) is 0 Å². The molecule has 0 saturated heterocycles. The Morgan fingerprint density at radius 2 is 2.00 bits per heavy atom. The Morgan fingerprint density at radius 3 is 2.50 bits per heavy atom. The van der Waals surface area contributed by atoms with Gasteiger partial charge in [0.05, 0.1) is 5.56 Å². The highest BCUT2D eigenvalue weighted by molar-refractivity contribution is 6.01. The van der Waals surface area contributed by atoms with Gasteiger partial charge in [-0.2, -0.15) is 0 Å². The lowest BCUT2D eigenvalue weighted by Crippen LogP contribution is -2.31. The van der Waals surface area contributed by atoms with Gasteiger partial charge >= 0.3 is 0 Å². The summed E-state index contributed by atoms with van der Waals surface area (Å²) >= 11 is 0. The standard InChI is InChI=1S/C12H15NO3/c1-3-13(4-2)12(16)11-6-5-10(15)7-9(11)8-14/h5-8,15H,3-4H2,1-2H3. The molecule has 0 heterocycles. The van der Waals surface area contributed by atoms with Gasteiger partial charge in [-0.05, 0) is 32.0 Å². The number of carbonyl (C=O) groups is 2. The van der Waals surface area contributed by atoms with Crippen molar-refractivity contribution in [2.75, 3.05) is 13.1 Å². The van der Waals surface area contributed by atoms with Crippen LogP contribution < -0.4 is 0 Å². The third kappa shape index (κ3) is 2.39. The minimum atomic E-state index is -0.188. The minimum Gasteiger partial charge on any atom is -0.508 e. The predicted molar refractivity (Wildman–Crippen MR) is 60.7 cm³/mol. The molecule has 1 amide bonds. The van der Waals surface area contributed by atoms with E-state index in [2.05, 4.69) is 0 Å². The summed E-state index contributed by atoms with van der Waals surface area (Å²) in [6.45, 7) is 4.94. The van der Waals surface area contributed by atoms with Gasteiger partial charge in [0.25, 0.3) is 5.91 Å². The van der Waals surface area contributed by atoms with Crippen molar-refractivity contribution in [2.45, 2.75) is 13.8 Å². The topological polar surface area (TPSA) is 57.6 Å². The lowest BCUT2D eigenvalue weighted by atomic mass is 10.1. The average Bonchev–Trinajstić information content (AvgIpc) is 2.30. The van der Waals surface area contributed by atoms with Crippen LogP contribution in [0.15, 0.2) is 18.2 Å². The largest absolute Gasteiger partial charge is 0.508 e. The smallest absolute Gasteiger partial charge is 0.254 e. The first-order valence-corrected chi connectivity index (χ1v) is 5.21. The van der Waals surface area contributed by atoms with Gasteiger partial charge in [0.2, 0.25) is 0 Å². The van der Waals surface area contributed by atoms with E-state index < -0.39 is 0 Å². The summed E-state index contributed by atoms with van der Waals surface area (Å²) in [5, 5.41) is 9.22. The van der Waals surface area contributed by atoms with E-state index in [1.807, 2.05) is 13.8 Å². The van der Waals surface area contributed by atoms with E-state index in [1.165, 1.54) is 18.2 Å². The number of hydrogen-bond donors (Lipinski definition) is 1. The molecule has 4 nitrogen and oxygen atoms in total. The second kappa shape index (κ2) is 5.30. The molecule has 0 radical (unpaired) electrons. The van der Waals surface area contributed by atoms with Crippen molar-refractivity contribution in [1.82, 2.24) is 4.90 Å². The number of benzene rings is 1. The summed E-state index contributed by atoms with van der Waals surface area (Å²) in [7, 11) is 0. The lowest BCUT2D eigenvalue weighted by Gasteiger charge is -2.19. The number of aldehydes is 1. The molecule has 0 aliphatic heterocycles. The van der Waals surface area contributed by atoms with Crippen molar-refractivity contribution >= 4 is 12.2 Å². The van der Waals surface area contributed by atoms with Crippen molar-refractivity contribution in [3.8, 4) is 5.75 Å². The number of hydrogen-bond acceptors (Lipinski definition) is 3. The van der Waals surface area contributed by atoms with Crippen molar-refractivity contribution in [2.24, 2.45) is 0 Å². The molecular weight excluding hydrogens is 206 g/mol. The predicted octanol–water partition coefficient (Wildman–Crippen LogP) is 1.69. The van der Waals surface area contributed by atoms with Crippen molar-refractivity contribution < 1.29 is 14.7 Å². The number of aromatic hydroxyl groups is 1. The summed E-state index contributed by atoms with van der Waals surface area (Å²) < 4.78 is 0. The van der Waals surface area contributed by atoms with Gasteiger partial charge in [0, 0.05) is 18.7 Å². The first-order chi connectivity index (χ1) is 7.63.